The molecule has 0 unspecified atom stereocenters. The maximum Gasteiger partial charge on any atom is 0.336 e. The number of ether oxygens (including phenoxy) is 1. The molecule has 0 aliphatic carbocycles. The summed E-state index contributed by atoms with van der Waals surface area (Å²) >= 11 is 0. The van der Waals surface area contributed by atoms with Crippen LogP contribution in [-0.4, -0.2) is 17.7 Å². The largest absolute Gasteiger partial charge is 0.493 e. The van der Waals surface area contributed by atoms with E-state index in [9.17, 15) is 4.79 Å². The van der Waals surface area contributed by atoms with Crippen LogP contribution in [0.25, 0.3) is 0 Å². The molecule has 0 amide bonds. The molecule has 3 nitrogen and oxygen atoms in total. The van der Waals surface area contributed by atoms with Gasteiger partial charge < -0.3 is 9.84 Å². The van der Waals surface area contributed by atoms with Gasteiger partial charge in [0.1, 0.15) is 5.75 Å². The summed E-state index contributed by atoms with van der Waals surface area (Å²) in [5, 5.41) is 9.04. The number of allylic oxidation sites excluding steroid dienone is 1. The van der Waals surface area contributed by atoms with Crippen LogP contribution in [0.15, 0.2) is 24.8 Å². The third-order valence-corrected chi connectivity index (χ3v) is 2.79. The highest BCUT2D eigenvalue weighted by atomic mass is 16.5. The first-order chi connectivity index (χ1) is 7.74. The molecule has 1 aromatic carbocycles. The van der Waals surface area contributed by atoms with Crippen LogP contribution in [0, 0.1) is 0 Å². The van der Waals surface area contributed by atoms with Crippen molar-refractivity contribution < 1.29 is 14.6 Å². The van der Waals surface area contributed by atoms with Crippen molar-refractivity contribution in [2.45, 2.75) is 19.3 Å². The van der Waals surface area contributed by atoms with Gasteiger partial charge in [-0.25, -0.2) is 4.79 Å². The van der Waals surface area contributed by atoms with E-state index in [-0.39, 0.29) is 0 Å². The zero-order chi connectivity index (χ0) is 11.5. The Labute approximate surface area is 94.4 Å². The topological polar surface area (TPSA) is 46.5 Å². The number of carboxylic acid groups (broad SMARTS) is 1. The number of aromatic carboxylic acids is 1. The SMILES string of the molecule is C=CCCc1ccc(C(=O)O)c2c1OCC2. The molecule has 2 rings (SSSR count). The number of aryl methyl sites for hydroxylation is 1. The maximum atomic E-state index is 11.0. The Bertz CT molecular complexity index is 435. The molecule has 1 heterocycles. The molecule has 0 saturated carbocycles. The van der Waals surface area contributed by atoms with Crippen molar-refractivity contribution in [2.75, 3.05) is 6.61 Å². The Morgan fingerprint density at radius 2 is 2.38 bits per heavy atom. The molecule has 1 aliphatic heterocycles. The summed E-state index contributed by atoms with van der Waals surface area (Å²) in [7, 11) is 0. The third-order valence-electron chi connectivity index (χ3n) is 2.79. The monoisotopic (exact) mass is 218 g/mol. The van der Waals surface area contributed by atoms with Gasteiger partial charge in [-0.3, -0.25) is 0 Å². The Kier molecular flexibility index (Phi) is 2.95. The number of rotatable bonds is 4. The molecule has 0 spiro atoms. The fourth-order valence-corrected chi connectivity index (χ4v) is 2.01. The van der Waals surface area contributed by atoms with Crippen molar-refractivity contribution in [1.82, 2.24) is 0 Å². The second-order valence-electron chi connectivity index (χ2n) is 3.81. The van der Waals surface area contributed by atoms with Gasteiger partial charge >= 0.3 is 5.97 Å². The van der Waals surface area contributed by atoms with Crippen LogP contribution in [0.3, 0.4) is 0 Å². The Hall–Kier alpha value is -1.77. The molecule has 1 aromatic rings. The van der Waals surface area contributed by atoms with Gasteiger partial charge in [-0.2, -0.15) is 0 Å². The lowest BCUT2D eigenvalue weighted by Crippen LogP contribution is -2.02. The molecule has 1 aliphatic rings. The van der Waals surface area contributed by atoms with Gasteiger partial charge in [-0.05, 0) is 24.5 Å². The predicted octanol–water partition coefficient (Wildman–Crippen LogP) is 2.44. The zero-order valence-corrected chi connectivity index (χ0v) is 9.03. The van der Waals surface area contributed by atoms with Crippen molar-refractivity contribution in [1.29, 1.82) is 0 Å². The average Bonchev–Trinajstić information content (AvgIpc) is 2.74. The lowest BCUT2D eigenvalue weighted by atomic mass is 9.99. The van der Waals surface area contributed by atoms with Crippen LogP contribution < -0.4 is 4.74 Å². The van der Waals surface area contributed by atoms with Crippen molar-refractivity contribution in [3.8, 4) is 5.75 Å². The molecule has 0 fully saturated rings. The minimum absolute atomic E-state index is 0.370. The standard InChI is InChI=1S/C13H14O3/c1-2-3-4-9-5-6-11(13(14)15)10-7-8-16-12(9)10/h2,5-6H,1,3-4,7-8H2,(H,14,15). The Morgan fingerprint density at radius 3 is 3.06 bits per heavy atom. The highest BCUT2D eigenvalue weighted by molar-refractivity contribution is 5.90. The van der Waals surface area contributed by atoms with Gasteiger partial charge in [0.05, 0.1) is 12.2 Å². The Morgan fingerprint density at radius 1 is 1.56 bits per heavy atom. The molecule has 1 N–H and O–H groups in total. The molecule has 16 heavy (non-hydrogen) atoms. The number of benzene rings is 1. The summed E-state index contributed by atoms with van der Waals surface area (Å²) in [4.78, 5) is 11.0. The number of carboxylic acids is 1. The summed E-state index contributed by atoms with van der Waals surface area (Å²) in [6.07, 6.45) is 4.28. The van der Waals surface area contributed by atoms with Gasteiger partial charge in [-0.1, -0.05) is 12.1 Å². The van der Waals surface area contributed by atoms with Gasteiger partial charge in [0.15, 0.2) is 0 Å². The molecule has 84 valence electrons. The lowest BCUT2D eigenvalue weighted by molar-refractivity contribution is 0.0696. The van der Waals surface area contributed by atoms with Crippen LogP contribution in [0.1, 0.15) is 27.9 Å². The molecular formula is C13H14O3. The van der Waals surface area contributed by atoms with Crippen LogP contribution >= 0.6 is 0 Å². The number of carbonyl (C=O) groups is 1. The molecule has 0 radical (unpaired) electrons. The maximum absolute atomic E-state index is 11.0. The van der Waals surface area contributed by atoms with E-state index in [0.29, 0.717) is 18.6 Å². The molecule has 3 heteroatoms. The molecule has 0 bridgehead atoms. The van der Waals surface area contributed by atoms with E-state index in [2.05, 4.69) is 6.58 Å². The van der Waals surface area contributed by atoms with Crippen molar-refractivity contribution in [3.63, 3.8) is 0 Å². The van der Waals surface area contributed by atoms with Crippen molar-refractivity contribution >= 4 is 5.97 Å². The zero-order valence-electron chi connectivity index (χ0n) is 9.03. The van der Waals surface area contributed by atoms with Gasteiger partial charge in [0.2, 0.25) is 0 Å². The van der Waals surface area contributed by atoms with E-state index in [4.69, 9.17) is 9.84 Å². The number of fused-ring (bicyclic) bond motifs is 1. The van der Waals surface area contributed by atoms with E-state index < -0.39 is 5.97 Å². The number of hydrogen-bond donors (Lipinski definition) is 1. The fraction of sp³-hybridized carbons (Fsp3) is 0.308. The van der Waals surface area contributed by atoms with Crippen LogP contribution in [0.2, 0.25) is 0 Å². The van der Waals surface area contributed by atoms with E-state index in [1.165, 1.54) is 0 Å². The first-order valence-corrected chi connectivity index (χ1v) is 5.35. The first kappa shape index (κ1) is 10.7. The summed E-state index contributed by atoms with van der Waals surface area (Å²) in [5.74, 6) is -0.0984. The lowest BCUT2D eigenvalue weighted by Gasteiger charge is -2.08. The summed E-state index contributed by atoms with van der Waals surface area (Å²) in [6, 6.07) is 3.52. The highest BCUT2D eigenvalue weighted by Crippen LogP contribution is 2.33. The summed E-state index contributed by atoms with van der Waals surface area (Å²) < 4.78 is 5.52. The van der Waals surface area contributed by atoms with Gasteiger partial charge in [0.25, 0.3) is 0 Å². The third kappa shape index (κ3) is 1.81. The molecule has 0 aromatic heterocycles. The second-order valence-corrected chi connectivity index (χ2v) is 3.81. The number of hydrogen-bond acceptors (Lipinski definition) is 2. The first-order valence-electron chi connectivity index (χ1n) is 5.35. The van der Waals surface area contributed by atoms with Crippen molar-refractivity contribution in [3.05, 3.63) is 41.5 Å². The quantitative estimate of drug-likeness (QED) is 0.789. The van der Waals surface area contributed by atoms with Crippen LogP contribution in [0.4, 0.5) is 0 Å². The normalized spacial score (nSPS) is 13.0. The smallest absolute Gasteiger partial charge is 0.336 e. The summed E-state index contributed by atoms with van der Waals surface area (Å²) in [5.41, 5.74) is 2.29. The van der Waals surface area contributed by atoms with Crippen molar-refractivity contribution in [2.24, 2.45) is 0 Å². The molecular weight excluding hydrogens is 204 g/mol. The van der Waals surface area contributed by atoms with Gasteiger partial charge in [-0.15, -0.1) is 6.58 Å². The van der Waals surface area contributed by atoms with E-state index in [1.54, 1.807) is 6.07 Å². The van der Waals surface area contributed by atoms with E-state index >= 15 is 0 Å². The minimum atomic E-state index is -0.878. The molecule has 0 atom stereocenters. The van der Waals surface area contributed by atoms with Gasteiger partial charge in [0, 0.05) is 12.0 Å². The van der Waals surface area contributed by atoms with Crippen LogP contribution in [-0.2, 0) is 12.8 Å². The predicted molar refractivity (Wildman–Crippen MR) is 61.1 cm³/mol. The van der Waals surface area contributed by atoms with E-state index in [1.807, 2.05) is 12.1 Å². The average molecular weight is 218 g/mol. The van der Waals surface area contributed by atoms with E-state index in [0.717, 1.165) is 29.7 Å². The molecule has 0 saturated heterocycles. The van der Waals surface area contributed by atoms with Crippen LogP contribution in [0.5, 0.6) is 5.75 Å². The Balaban J connectivity index is 2.40. The fourth-order valence-electron chi connectivity index (χ4n) is 2.01. The summed E-state index contributed by atoms with van der Waals surface area (Å²) in [6.45, 7) is 4.26. The minimum Gasteiger partial charge on any atom is -0.493 e. The highest BCUT2D eigenvalue weighted by Gasteiger charge is 2.22. The second kappa shape index (κ2) is 4.39.